The summed E-state index contributed by atoms with van der Waals surface area (Å²) < 4.78 is 7.00. The Morgan fingerprint density at radius 1 is 0.0952 bits per heavy atom. The molecule has 0 amide bonds. The third-order valence-corrected chi connectivity index (χ3v) is 28.3. The minimum atomic E-state index is 0.623. The molecule has 0 saturated carbocycles. The van der Waals surface area contributed by atoms with E-state index < -0.39 is 0 Å². The molecule has 0 radical (unpaired) electrons. The monoisotopic (exact) mass is 1870 g/mol. The van der Waals surface area contributed by atoms with Crippen molar-refractivity contribution in [1.82, 2.24) is 58.6 Å². The number of fused-ring (bicyclic) bond motifs is 21. The Bertz CT molecular complexity index is 9880. The lowest BCUT2D eigenvalue weighted by Crippen LogP contribution is -2.01. The van der Waals surface area contributed by atoms with E-state index >= 15 is 0 Å². The third-order valence-electron chi connectivity index (χ3n) is 28.3. The van der Waals surface area contributed by atoms with E-state index in [4.69, 9.17) is 44.9 Å². The molecule has 0 N–H and O–H groups in total. The summed E-state index contributed by atoms with van der Waals surface area (Å²) in [6.45, 7) is 0. The highest BCUT2D eigenvalue weighted by Gasteiger charge is 2.24. The van der Waals surface area contributed by atoms with Gasteiger partial charge in [0, 0.05) is 99.5 Å². The highest BCUT2D eigenvalue weighted by atomic mass is 15.1. The van der Waals surface area contributed by atoms with Crippen molar-refractivity contribution in [2.24, 2.45) is 0 Å². The van der Waals surface area contributed by atoms with Crippen LogP contribution in [-0.2, 0) is 0 Å². The van der Waals surface area contributed by atoms with Gasteiger partial charge in [0.05, 0.1) is 33.1 Å². The van der Waals surface area contributed by atoms with Crippen molar-refractivity contribution in [3.8, 4) is 142 Å². The molecule has 6 aromatic heterocycles. The Labute approximate surface area is 846 Å². The lowest BCUT2D eigenvalue weighted by molar-refractivity contribution is 1.07. The quantitative estimate of drug-likeness (QED) is 0.0977. The van der Waals surface area contributed by atoms with Gasteiger partial charge in [-0.15, -0.1) is 0 Å². The smallest absolute Gasteiger partial charge is 0.164 e. The van der Waals surface area contributed by atoms with Crippen molar-refractivity contribution in [1.29, 1.82) is 0 Å². The van der Waals surface area contributed by atoms with Crippen molar-refractivity contribution < 1.29 is 0 Å². The zero-order chi connectivity index (χ0) is 97.2. The van der Waals surface area contributed by atoms with Crippen LogP contribution in [0.25, 0.3) is 272 Å². The van der Waals surface area contributed by atoms with Gasteiger partial charge < -0.3 is 13.7 Å². The first-order chi connectivity index (χ1) is 72.9. The number of nitrogens with zero attached hydrogens (tertiary/aromatic N) is 12. The molecule has 686 valence electrons. The summed E-state index contributed by atoms with van der Waals surface area (Å²) in [6.07, 6.45) is 0. The van der Waals surface area contributed by atoms with Crippen LogP contribution in [0.1, 0.15) is 0 Å². The molecule has 0 unspecified atom stereocenters. The van der Waals surface area contributed by atoms with E-state index in [1.807, 2.05) is 84.9 Å². The molecule has 0 aliphatic carbocycles. The molecular formula is C135H86N12. The second kappa shape index (κ2) is 36.9. The number of aromatic nitrogens is 12. The lowest BCUT2D eigenvalue weighted by Gasteiger charge is -2.13. The molecule has 147 heavy (non-hydrogen) atoms. The first-order valence-electron chi connectivity index (χ1n) is 49.5. The van der Waals surface area contributed by atoms with E-state index in [1.54, 1.807) is 0 Å². The fourth-order valence-electron chi connectivity index (χ4n) is 21.4. The van der Waals surface area contributed by atoms with Crippen LogP contribution >= 0.6 is 0 Å². The van der Waals surface area contributed by atoms with Gasteiger partial charge in [-0.2, -0.15) is 0 Å². The fraction of sp³-hybridized carbons (Fsp3) is 0. The van der Waals surface area contributed by atoms with E-state index in [0.717, 1.165) is 106 Å². The predicted octanol–water partition coefficient (Wildman–Crippen LogP) is 34.2. The largest absolute Gasteiger partial charge is 0.309 e. The summed E-state index contributed by atoms with van der Waals surface area (Å²) in [5.74, 6) is 5.79. The molecule has 29 rings (SSSR count). The van der Waals surface area contributed by atoms with Crippen LogP contribution in [0.2, 0.25) is 0 Å². The van der Waals surface area contributed by atoms with E-state index in [1.165, 1.54) is 114 Å². The maximum Gasteiger partial charge on any atom is 0.164 e. The van der Waals surface area contributed by atoms with E-state index in [-0.39, 0.29) is 0 Å². The topological polar surface area (TPSA) is 131 Å². The van der Waals surface area contributed by atoms with Crippen molar-refractivity contribution in [3.63, 3.8) is 0 Å². The van der Waals surface area contributed by atoms with Crippen LogP contribution in [0.3, 0.4) is 0 Å². The Balaban J connectivity index is 0.000000110. The van der Waals surface area contributed by atoms with Gasteiger partial charge in [-0.25, -0.2) is 44.9 Å². The lowest BCUT2D eigenvalue weighted by atomic mass is 9.93. The molecule has 6 heterocycles. The van der Waals surface area contributed by atoms with Gasteiger partial charge in [0.2, 0.25) is 0 Å². The summed E-state index contributed by atoms with van der Waals surface area (Å²) >= 11 is 0. The first-order valence-corrected chi connectivity index (χ1v) is 49.5. The number of hydrogen-bond donors (Lipinski definition) is 0. The van der Waals surface area contributed by atoms with Crippen LogP contribution in [-0.4, -0.2) is 58.6 Å². The second-order valence-electron chi connectivity index (χ2n) is 37.0. The highest BCUT2D eigenvalue weighted by molar-refractivity contribution is 6.27. The van der Waals surface area contributed by atoms with Gasteiger partial charge in [-0.3, -0.25) is 0 Å². The fourth-order valence-corrected chi connectivity index (χ4v) is 21.4. The van der Waals surface area contributed by atoms with Crippen LogP contribution < -0.4 is 0 Å². The van der Waals surface area contributed by atoms with Gasteiger partial charge in [0.15, 0.2) is 52.4 Å². The zero-order valence-corrected chi connectivity index (χ0v) is 79.5. The molecule has 0 saturated heterocycles. The van der Waals surface area contributed by atoms with Crippen molar-refractivity contribution >= 4 is 130 Å². The average molecular weight is 1880 g/mol. The molecule has 0 aliphatic rings. The van der Waals surface area contributed by atoms with Crippen LogP contribution in [0.15, 0.2) is 522 Å². The third kappa shape index (κ3) is 15.8. The first kappa shape index (κ1) is 86.2. The Kier molecular flexibility index (Phi) is 21.6. The van der Waals surface area contributed by atoms with Gasteiger partial charge in [-0.1, -0.05) is 437 Å². The standard InChI is InChI=1S/C51H32N4.C45H28N4.C39H26N4/c1-2-13-33(14-3-1)34-25-27-35(28-26-34)49-52-50(36-15-12-16-38(31-36)55-47-23-10-8-21-44(47)45-22-9-11-24-48(45)55)54-51(53-49)37-29-30-43-41-19-5-4-17-39(41)40-18-6-7-20-42(40)46(43)32-37;1-2-13-29(14-3-1)43-46-44(30-15-12-16-32(27-30)49-41-23-10-8-21-38(41)39-22-9-11-24-42(39)49)48-45(47-43)31-25-26-37-35-19-5-4-17-33(35)34-18-6-7-20-36(34)40(37)28-31;1-3-11-29(12-4-1)37-40-38(30-13-5-2-6-14-30)42-39(41-37)31-21-19-27(20-22-31)28-23-25-32(26-24-28)43-35-17-9-7-15-33(35)34-16-8-10-18-36(34)43/h1-32H;1-28H;1-26H. The number of para-hydroxylation sites is 6. The minimum absolute atomic E-state index is 0.623. The Morgan fingerprint density at radius 3 is 0.524 bits per heavy atom. The predicted molar refractivity (Wildman–Crippen MR) is 607 cm³/mol. The number of rotatable bonds is 14. The van der Waals surface area contributed by atoms with Crippen molar-refractivity contribution in [2.75, 3.05) is 0 Å². The minimum Gasteiger partial charge on any atom is -0.309 e. The molecule has 12 nitrogen and oxygen atoms in total. The number of hydrogen-bond acceptors (Lipinski definition) is 9. The van der Waals surface area contributed by atoms with Gasteiger partial charge in [-0.05, 0) is 172 Å². The Hall–Kier alpha value is -20.0. The average Bonchev–Trinajstić information content (AvgIpc) is 1.70. The number of benzene rings is 23. The Morgan fingerprint density at radius 2 is 0.259 bits per heavy atom. The van der Waals surface area contributed by atoms with Gasteiger partial charge >= 0.3 is 0 Å². The molecule has 0 fully saturated rings. The van der Waals surface area contributed by atoms with Crippen molar-refractivity contribution in [2.45, 2.75) is 0 Å². The summed E-state index contributed by atoms with van der Waals surface area (Å²) in [7, 11) is 0. The summed E-state index contributed by atoms with van der Waals surface area (Å²) in [5.41, 5.74) is 23.4. The second-order valence-corrected chi connectivity index (χ2v) is 37.0. The van der Waals surface area contributed by atoms with Crippen LogP contribution in [0, 0.1) is 0 Å². The molecule has 0 aliphatic heterocycles. The van der Waals surface area contributed by atoms with E-state index in [9.17, 15) is 0 Å². The summed E-state index contributed by atoms with van der Waals surface area (Å²) in [6, 6.07) is 183. The van der Waals surface area contributed by atoms with Crippen LogP contribution in [0.5, 0.6) is 0 Å². The maximum absolute atomic E-state index is 5.23. The SMILES string of the molecule is c1ccc(-c2ccc(-c3nc(-c4cccc(-n5c6ccccc6c6ccccc65)c4)nc(-c4ccc5c6ccccc6c6ccccc6c5c4)n3)cc2)cc1.c1ccc(-c2nc(-c3cccc(-n4c5ccccc5c5ccccc54)c3)nc(-c3ccc4c5ccccc5c5ccccc5c4c3)n2)cc1.c1ccc(-c2nc(-c3ccccc3)nc(-c3ccc(-c4ccc(-n5c6ccccc6c6ccccc65)cc4)cc3)n2)cc1. The molecule has 29 aromatic rings. The molecule has 12 heteroatoms. The van der Waals surface area contributed by atoms with Gasteiger partial charge in [0.25, 0.3) is 0 Å². The van der Waals surface area contributed by atoms with Crippen molar-refractivity contribution in [3.05, 3.63) is 522 Å². The highest BCUT2D eigenvalue weighted by Crippen LogP contribution is 2.44. The molecule has 0 atom stereocenters. The van der Waals surface area contributed by atoms with Crippen LogP contribution in [0.4, 0.5) is 0 Å². The van der Waals surface area contributed by atoms with E-state index in [2.05, 4.69) is 450 Å². The molecular weight excluding hydrogens is 1790 g/mol. The molecule has 23 aromatic carbocycles. The maximum atomic E-state index is 5.23. The molecule has 0 bridgehead atoms. The normalized spacial score (nSPS) is 11.5. The summed E-state index contributed by atoms with van der Waals surface area (Å²) in [5, 5.41) is 22.1. The van der Waals surface area contributed by atoms with Gasteiger partial charge in [0.1, 0.15) is 0 Å². The summed E-state index contributed by atoms with van der Waals surface area (Å²) in [4.78, 5) is 45.4. The molecule has 0 spiro atoms. The van der Waals surface area contributed by atoms with E-state index in [0.29, 0.717) is 52.4 Å². The zero-order valence-electron chi connectivity index (χ0n) is 79.5.